The summed E-state index contributed by atoms with van der Waals surface area (Å²) in [6.45, 7) is 1.47. The van der Waals surface area contributed by atoms with Gasteiger partial charge in [0.05, 0.1) is 0 Å². The molecule has 3 nitrogen and oxygen atoms in total. The number of likely N-dealkylation sites (tertiary alicyclic amines) is 1. The minimum atomic E-state index is -0.217. The first-order valence-corrected chi connectivity index (χ1v) is 8.87. The Morgan fingerprint density at radius 1 is 1.12 bits per heavy atom. The molecule has 0 bridgehead atoms. The number of hydrogen-bond donors (Lipinski definition) is 0. The van der Waals surface area contributed by atoms with Gasteiger partial charge in [-0.2, -0.15) is 0 Å². The predicted octanol–water partition coefficient (Wildman–Crippen LogP) is 4.30. The van der Waals surface area contributed by atoms with Crippen LogP contribution in [-0.4, -0.2) is 38.0 Å². The minimum absolute atomic E-state index is 0.0812. The third kappa shape index (κ3) is 4.19. The van der Waals surface area contributed by atoms with Gasteiger partial charge >= 0.3 is 0 Å². The highest BCUT2D eigenvalue weighted by molar-refractivity contribution is 5.95. The van der Waals surface area contributed by atoms with Crippen LogP contribution in [0.5, 0.6) is 0 Å². The summed E-state index contributed by atoms with van der Waals surface area (Å²) < 4.78 is 13.2. The van der Waals surface area contributed by atoms with Gasteiger partial charge in [-0.25, -0.2) is 4.39 Å². The molecule has 1 aliphatic heterocycles. The number of nitrogens with zero attached hydrogens (tertiary/aromatic N) is 2. The monoisotopic (exact) mass is 340 g/mol. The van der Waals surface area contributed by atoms with E-state index in [-0.39, 0.29) is 17.6 Å². The Morgan fingerprint density at radius 3 is 2.60 bits per heavy atom. The number of anilines is 1. The quantitative estimate of drug-likeness (QED) is 0.832. The van der Waals surface area contributed by atoms with E-state index < -0.39 is 0 Å². The average Bonchev–Trinajstić information content (AvgIpc) is 2.88. The van der Waals surface area contributed by atoms with E-state index in [9.17, 15) is 9.18 Å². The summed E-state index contributed by atoms with van der Waals surface area (Å²) in [5.41, 5.74) is 2.87. The molecule has 0 unspecified atom stereocenters. The number of amides is 1. The maximum absolute atomic E-state index is 13.2. The highest BCUT2D eigenvalue weighted by Crippen LogP contribution is 2.28. The van der Waals surface area contributed by atoms with Gasteiger partial charge in [0.15, 0.2) is 0 Å². The molecule has 1 aliphatic rings. The van der Waals surface area contributed by atoms with Gasteiger partial charge in [0.1, 0.15) is 5.82 Å². The number of rotatable bonds is 3. The molecule has 1 heterocycles. The molecule has 132 valence electrons. The molecule has 0 spiro atoms. The zero-order valence-electron chi connectivity index (χ0n) is 14.9. The van der Waals surface area contributed by atoms with Crippen molar-refractivity contribution in [1.29, 1.82) is 0 Å². The number of carbonyl (C=O) groups is 1. The summed E-state index contributed by atoms with van der Waals surface area (Å²) in [5.74, 6) is 0.132. The molecule has 0 aliphatic carbocycles. The molecule has 25 heavy (non-hydrogen) atoms. The van der Waals surface area contributed by atoms with Crippen LogP contribution in [-0.2, 0) is 0 Å². The Morgan fingerprint density at radius 2 is 1.88 bits per heavy atom. The van der Waals surface area contributed by atoms with E-state index in [2.05, 4.69) is 0 Å². The topological polar surface area (TPSA) is 23.6 Å². The van der Waals surface area contributed by atoms with E-state index in [1.807, 2.05) is 60.3 Å². The van der Waals surface area contributed by atoms with Gasteiger partial charge in [-0.15, -0.1) is 0 Å². The fourth-order valence-corrected chi connectivity index (χ4v) is 3.43. The normalized spacial score (nSPS) is 17.9. The first-order valence-electron chi connectivity index (χ1n) is 8.87. The third-order valence-electron chi connectivity index (χ3n) is 4.91. The van der Waals surface area contributed by atoms with E-state index in [1.54, 1.807) is 0 Å². The van der Waals surface area contributed by atoms with Gasteiger partial charge in [0, 0.05) is 44.4 Å². The highest BCUT2D eigenvalue weighted by atomic mass is 19.1. The van der Waals surface area contributed by atoms with Gasteiger partial charge in [-0.3, -0.25) is 4.79 Å². The fraction of sp³-hybridized carbons (Fsp3) is 0.381. The van der Waals surface area contributed by atoms with Crippen LogP contribution in [0.2, 0.25) is 0 Å². The van der Waals surface area contributed by atoms with Crippen LogP contribution in [0.1, 0.15) is 41.1 Å². The molecule has 1 amide bonds. The van der Waals surface area contributed by atoms with Crippen LogP contribution in [0.25, 0.3) is 0 Å². The Balaban J connectivity index is 1.79. The lowest BCUT2D eigenvalue weighted by Crippen LogP contribution is -2.34. The van der Waals surface area contributed by atoms with Gasteiger partial charge in [-0.1, -0.05) is 24.6 Å². The molecule has 4 heteroatoms. The molecule has 1 fully saturated rings. The summed E-state index contributed by atoms with van der Waals surface area (Å²) in [4.78, 5) is 17.0. The lowest BCUT2D eigenvalue weighted by Gasteiger charge is -2.25. The van der Waals surface area contributed by atoms with Crippen LogP contribution < -0.4 is 4.90 Å². The summed E-state index contributed by atoms with van der Waals surface area (Å²) in [7, 11) is 3.94. The Labute approximate surface area is 149 Å². The molecular weight excluding hydrogens is 315 g/mol. The average molecular weight is 340 g/mol. The second-order valence-electron chi connectivity index (χ2n) is 6.94. The second-order valence-corrected chi connectivity index (χ2v) is 6.94. The smallest absolute Gasteiger partial charge is 0.253 e. The first kappa shape index (κ1) is 17.5. The van der Waals surface area contributed by atoms with Gasteiger partial charge < -0.3 is 9.80 Å². The standard InChI is InChI=1S/C21H25FN2O/c1-23(2)20-8-5-7-17(14-20)21(25)24-13-4-3-6-18(15-24)16-9-11-19(22)12-10-16/h5,7-12,14,18H,3-4,6,13,15H2,1-2H3/t18-/m0/s1. The zero-order chi connectivity index (χ0) is 17.8. The lowest BCUT2D eigenvalue weighted by molar-refractivity contribution is 0.0754. The number of halogens is 1. The Hall–Kier alpha value is -2.36. The molecule has 2 aromatic rings. The van der Waals surface area contributed by atoms with E-state index in [0.717, 1.165) is 42.6 Å². The maximum atomic E-state index is 13.2. The first-order chi connectivity index (χ1) is 12.0. The fourth-order valence-electron chi connectivity index (χ4n) is 3.43. The van der Waals surface area contributed by atoms with E-state index in [1.165, 1.54) is 12.1 Å². The molecule has 1 atom stereocenters. The minimum Gasteiger partial charge on any atom is -0.378 e. The Bertz CT molecular complexity index is 727. The molecule has 3 rings (SSSR count). The summed E-state index contributed by atoms with van der Waals surface area (Å²) in [5, 5.41) is 0. The molecule has 0 radical (unpaired) electrons. The van der Waals surface area contributed by atoms with Crippen molar-refractivity contribution in [2.24, 2.45) is 0 Å². The van der Waals surface area contributed by atoms with Crippen molar-refractivity contribution >= 4 is 11.6 Å². The van der Waals surface area contributed by atoms with Gasteiger partial charge in [0.25, 0.3) is 5.91 Å². The summed E-state index contributed by atoms with van der Waals surface area (Å²) >= 11 is 0. The van der Waals surface area contributed by atoms with Gasteiger partial charge in [-0.05, 0) is 48.7 Å². The van der Waals surface area contributed by atoms with Crippen molar-refractivity contribution in [3.8, 4) is 0 Å². The van der Waals surface area contributed by atoms with Crippen molar-refractivity contribution in [2.45, 2.75) is 25.2 Å². The van der Waals surface area contributed by atoms with Crippen LogP contribution in [0.3, 0.4) is 0 Å². The van der Waals surface area contributed by atoms with Crippen molar-refractivity contribution < 1.29 is 9.18 Å². The van der Waals surface area contributed by atoms with E-state index in [4.69, 9.17) is 0 Å². The number of benzene rings is 2. The number of hydrogen-bond acceptors (Lipinski definition) is 2. The maximum Gasteiger partial charge on any atom is 0.253 e. The second kappa shape index (κ2) is 7.68. The summed E-state index contributed by atoms with van der Waals surface area (Å²) in [6, 6.07) is 14.5. The molecule has 0 saturated carbocycles. The van der Waals surface area contributed by atoms with E-state index in [0.29, 0.717) is 6.54 Å². The van der Waals surface area contributed by atoms with Crippen molar-refractivity contribution in [2.75, 3.05) is 32.1 Å². The molecular formula is C21H25FN2O. The number of carbonyl (C=O) groups excluding carboxylic acids is 1. The molecule has 0 N–H and O–H groups in total. The van der Waals surface area contributed by atoms with Gasteiger partial charge in [0.2, 0.25) is 0 Å². The summed E-state index contributed by atoms with van der Waals surface area (Å²) in [6.07, 6.45) is 3.13. The predicted molar refractivity (Wildman–Crippen MR) is 99.7 cm³/mol. The van der Waals surface area contributed by atoms with Crippen LogP contribution in [0.15, 0.2) is 48.5 Å². The molecule has 2 aromatic carbocycles. The largest absolute Gasteiger partial charge is 0.378 e. The SMILES string of the molecule is CN(C)c1cccc(C(=O)N2CCCC[C@H](c3ccc(F)cc3)C2)c1. The lowest BCUT2D eigenvalue weighted by atomic mass is 9.94. The van der Waals surface area contributed by atoms with Crippen LogP contribution >= 0.6 is 0 Å². The van der Waals surface area contributed by atoms with Crippen molar-refractivity contribution in [3.05, 3.63) is 65.5 Å². The highest BCUT2D eigenvalue weighted by Gasteiger charge is 2.24. The van der Waals surface area contributed by atoms with Crippen molar-refractivity contribution in [3.63, 3.8) is 0 Å². The van der Waals surface area contributed by atoms with Crippen molar-refractivity contribution in [1.82, 2.24) is 4.90 Å². The molecule has 1 saturated heterocycles. The van der Waals surface area contributed by atoms with Crippen LogP contribution in [0.4, 0.5) is 10.1 Å². The van der Waals surface area contributed by atoms with Crippen LogP contribution in [0, 0.1) is 5.82 Å². The Kier molecular flexibility index (Phi) is 5.37. The van der Waals surface area contributed by atoms with E-state index >= 15 is 0 Å². The third-order valence-corrected chi connectivity index (χ3v) is 4.91. The zero-order valence-corrected chi connectivity index (χ0v) is 14.9. The molecule has 0 aromatic heterocycles.